The Balaban J connectivity index is 1.93. The molecule has 0 aliphatic carbocycles. The van der Waals surface area contributed by atoms with Crippen LogP contribution in [0, 0.1) is 0 Å². The van der Waals surface area contributed by atoms with E-state index in [1.165, 1.54) is 5.06 Å². The predicted octanol–water partition coefficient (Wildman–Crippen LogP) is 1.93. The molecule has 2 N–H and O–H groups in total. The first-order valence-electron chi connectivity index (χ1n) is 5.95. The van der Waals surface area contributed by atoms with Gasteiger partial charge in [-0.25, -0.2) is 5.06 Å². The van der Waals surface area contributed by atoms with Crippen LogP contribution in [0.1, 0.15) is 31.2 Å². The van der Waals surface area contributed by atoms with Gasteiger partial charge in [0.1, 0.15) is 0 Å². The van der Waals surface area contributed by atoms with E-state index in [0.29, 0.717) is 19.6 Å². The summed E-state index contributed by atoms with van der Waals surface area (Å²) in [4.78, 5) is 17.1. The minimum absolute atomic E-state index is 0.0619. The molecule has 17 heavy (non-hydrogen) atoms. The van der Waals surface area contributed by atoms with Crippen molar-refractivity contribution in [2.45, 2.75) is 25.7 Å². The SMILES string of the molecule is CC(CC(=O)N1CCCO1)c1ccc(N)cc1. The number of anilines is 1. The van der Waals surface area contributed by atoms with E-state index < -0.39 is 0 Å². The van der Waals surface area contributed by atoms with E-state index in [1.807, 2.05) is 31.2 Å². The molecule has 4 heteroatoms. The molecule has 1 unspecified atom stereocenters. The predicted molar refractivity (Wildman–Crippen MR) is 66.2 cm³/mol. The monoisotopic (exact) mass is 234 g/mol. The first-order valence-corrected chi connectivity index (χ1v) is 5.95. The van der Waals surface area contributed by atoms with Crippen LogP contribution in [0.4, 0.5) is 5.69 Å². The lowest BCUT2D eigenvalue weighted by molar-refractivity contribution is -0.169. The number of nitrogen functional groups attached to an aromatic ring is 1. The van der Waals surface area contributed by atoms with Crippen LogP contribution in [-0.4, -0.2) is 24.1 Å². The standard InChI is InChI=1S/C13H18N2O2/c1-10(11-3-5-12(14)6-4-11)9-13(16)15-7-2-8-17-15/h3-6,10H,2,7-9,14H2,1H3. The van der Waals surface area contributed by atoms with Crippen LogP contribution in [0.3, 0.4) is 0 Å². The first-order chi connectivity index (χ1) is 8.16. The normalized spacial score (nSPS) is 17.1. The summed E-state index contributed by atoms with van der Waals surface area (Å²) in [6.45, 7) is 3.41. The number of carbonyl (C=O) groups is 1. The Morgan fingerprint density at radius 2 is 2.18 bits per heavy atom. The zero-order valence-electron chi connectivity index (χ0n) is 10.1. The molecule has 0 bridgehead atoms. The summed E-state index contributed by atoms with van der Waals surface area (Å²) >= 11 is 0. The minimum atomic E-state index is 0.0619. The minimum Gasteiger partial charge on any atom is -0.399 e. The summed E-state index contributed by atoms with van der Waals surface area (Å²) < 4.78 is 0. The van der Waals surface area contributed by atoms with Gasteiger partial charge in [-0.1, -0.05) is 19.1 Å². The molecular formula is C13H18N2O2. The highest BCUT2D eigenvalue weighted by Crippen LogP contribution is 2.21. The fraction of sp³-hybridized carbons (Fsp3) is 0.462. The maximum atomic E-state index is 11.9. The second-order valence-electron chi connectivity index (χ2n) is 4.45. The first kappa shape index (κ1) is 11.9. The summed E-state index contributed by atoms with van der Waals surface area (Å²) in [6, 6.07) is 7.67. The fourth-order valence-electron chi connectivity index (χ4n) is 1.95. The number of amides is 1. The topological polar surface area (TPSA) is 55.6 Å². The third-order valence-corrected chi connectivity index (χ3v) is 3.02. The zero-order valence-corrected chi connectivity index (χ0v) is 10.1. The molecule has 1 heterocycles. The molecule has 0 aromatic heterocycles. The van der Waals surface area contributed by atoms with Crippen molar-refractivity contribution < 1.29 is 9.63 Å². The van der Waals surface area contributed by atoms with E-state index in [0.717, 1.165) is 17.7 Å². The lowest BCUT2D eigenvalue weighted by Gasteiger charge is -2.17. The number of nitrogens with zero attached hydrogens (tertiary/aromatic N) is 1. The Morgan fingerprint density at radius 1 is 1.47 bits per heavy atom. The molecule has 1 aromatic carbocycles. The highest BCUT2D eigenvalue weighted by Gasteiger charge is 2.21. The Kier molecular flexibility index (Phi) is 3.64. The summed E-state index contributed by atoms with van der Waals surface area (Å²) in [5, 5.41) is 1.48. The summed E-state index contributed by atoms with van der Waals surface area (Å²) in [7, 11) is 0. The van der Waals surface area contributed by atoms with Gasteiger partial charge in [0.05, 0.1) is 13.2 Å². The van der Waals surface area contributed by atoms with Crippen molar-refractivity contribution in [3.63, 3.8) is 0 Å². The maximum absolute atomic E-state index is 11.9. The summed E-state index contributed by atoms with van der Waals surface area (Å²) in [5.74, 6) is 0.249. The molecule has 0 radical (unpaired) electrons. The molecule has 0 spiro atoms. The van der Waals surface area contributed by atoms with Crippen LogP contribution in [0.2, 0.25) is 0 Å². The molecule has 1 aromatic rings. The molecule has 4 nitrogen and oxygen atoms in total. The molecule has 1 atom stereocenters. The van der Waals surface area contributed by atoms with E-state index in [2.05, 4.69) is 0 Å². The van der Waals surface area contributed by atoms with Crippen LogP contribution in [0.25, 0.3) is 0 Å². The van der Waals surface area contributed by atoms with Crippen LogP contribution in [0.15, 0.2) is 24.3 Å². The molecule has 1 amide bonds. The van der Waals surface area contributed by atoms with Gasteiger partial charge in [0.2, 0.25) is 5.91 Å². The Hall–Kier alpha value is -1.55. The van der Waals surface area contributed by atoms with E-state index in [4.69, 9.17) is 10.6 Å². The highest BCUT2D eigenvalue weighted by atomic mass is 16.7. The van der Waals surface area contributed by atoms with Crippen molar-refractivity contribution in [3.8, 4) is 0 Å². The molecule has 92 valence electrons. The van der Waals surface area contributed by atoms with Crippen LogP contribution >= 0.6 is 0 Å². The number of hydrogen-bond acceptors (Lipinski definition) is 3. The van der Waals surface area contributed by atoms with Crippen molar-refractivity contribution in [2.24, 2.45) is 0 Å². The smallest absolute Gasteiger partial charge is 0.246 e. The lowest BCUT2D eigenvalue weighted by atomic mass is 9.97. The average Bonchev–Trinajstić information content (AvgIpc) is 2.83. The number of hydroxylamine groups is 2. The van der Waals surface area contributed by atoms with E-state index in [-0.39, 0.29) is 11.8 Å². The van der Waals surface area contributed by atoms with Gasteiger partial charge < -0.3 is 5.73 Å². The van der Waals surface area contributed by atoms with Crippen molar-refractivity contribution >= 4 is 11.6 Å². The second-order valence-corrected chi connectivity index (χ2v) is 4.45. The van der Waals surface area contributed by atoms with Crippen molar-refractivity contribution in [3.05, 3.63) is 29.8 Å². The summed E-state index contributed by atoms with van der Waals surface area (Å²) in [5.41, 5.74) is 7.51. The van der Waals surface area contributed by atoms with Gasteiger partial charge in [0, 0.05) is 12.1 Å². The van der Waals surface area contributed by atoms with Crippen molar-refractivity contribution in [1.29, 1.82) is 0 Å². The number of benzene rings is 1. The van der Waals surface area contributed by atoms with Gasteiger partial charge in [0.25, 0.3) is 0 Å². The third-order valence-electron chi connectivity index (χ3n) is 3.02. The van der Waals surface area contributed by atoms with Gasteiger partial charge in [0.15, 0.2) is 0 Å². The van der Waals surface area contributed by atoms with Gasteiger partial charge in [-0.2, -0.15) is 0 Å². The second kappa shape index (κ2) is 5.19. The number of carbonyl (C=O) groups excluding carboxylic acids is 1. The van der Waals surface area contributed by atoms with Crippen LogP contribution in [-0.2, 0) is 9.63 Å². The molecule has 1 aliphatic rings. The van der Waals surface area contributed by atoms with E-state index >= 15 is 0 Å². The Morgan fingerprint density at radius 3 is 2.76 bits per heavy atom. The molecule has 1 aliphatic heterocycles. The average molecular weight is 234 g/mol. The molecule has 1 fully saturated rings. The molecular weight excluding hydrogens is 216 g/mol. The quantitative estimate of drug-likeness (QED) is 0.813. The summed E-state index contributed by atoms with van der Waals surface area (Å²) in [6.07, 6.45) is 1.41. The zero-order chi connectivity index (χ0) is 12.3. The molecule has 1 saturated heterocycles. The molecule has 0 saturated carbocycles. The van der Waals surface area contributed by atoms with Gasteiger partial charge in [-0.15, -0.1) is 0 Å². The highest BCUT2D eigenvalue weighted by molar-refractivity contribution is 5.76. The van der Waals surface area contributed by atoms with Gasteiger partial charge >= 0.3 is 0 Å². The lowest BCUT2D eigenvalue weighted by Crippen LogP contribution is -2.27. The maximum Gasteiger partial charge on any atom is 0.246 e. The van der Waals surface area contributed by atoms with E-state index in [9.17, 15) is 4.79 Å². The fourth-order valence-corrected chi connectivity index (χ4v) is 1.95. The number of nitrogens with two attached hydrogens (primary N) is 1. The largest absolute Gasteiger partial charge is 0.399 e. The third kappa shape index (κ3) is 2.97. The number of hydrogen-bond donors (Lipinski definition) is 1. The van der Waals surface area contributed by atoms with Crippen molar-refractivity contribution in [2.75, 3.05) is 18.9 Å². The molecule has 2 rings (SSSR count). The number of rotatable bonds is 3. The van der Waals surface area contributed by atoms with Crippen LogP contribution in [0.5, 0.6) is 0 Å². The van der Waals surface area contributed by atoms with Gasteiger partial charge in [-0.05, 0) is 30.0 Å². The van der Waals surface area contributed by atoms with E-state index in [1.54, 1.807) is 0 Å². The Labute approximate surface area is 101 Å². The van der Waals surface area contributed by atoms with Crippen LogP contribution < -0.4 is 5.73 Å². The van der Waals surface area contributed by atoms with Gasteiger partial charge in [-0.3, -0.25) is 9.63 Å². The Bertz CT molecular complexity index is 383. The van der Waals surface area contributed by atoms with Crippen molar-refractivity contribution in [1.82, 2.24) is 5.06 Å².